The molecule has 2 rings (SSSR count). The third-order valence-electron chi connectivity index (χ3n) is 3.59. The van der Waals surface area contributed by atoms with E-state index in [1.807, 2.05) is 6.07 Å². The molecular formula is C21H23N3O5. The molecule has 0 saturated heterocycles. The minimum absolute atomic E-state index is 0.293. The molecule has 2 amide bonds. The van der Waals surface area contributed by atoms with Gasteiger partial charge in [-0.25, -0.2) is 10.2 Å². The number of hydrazone groups is 1. The van der Waals surface area contributed by atoms with E-state index >= 15 is 0 Å². The zero-order chi connectivity index (χ0) is 21.1. The summed E-state index contributed by atoms with van der Waals surface area (Å²) in [6.45, 7) is 3.63. The molecule has 152 valence electrons. The fourth-order valence-electron chi connectivity index (χ4n) is 2.24. The molecule has 0 heterocycles. The Balaban J connectivity index is 1.77. The second-order valence-electron chi connectivity index (χ2n) is 5.97. The number of rotatable bonds is 9. The van der Waals surface area contributed by atoms with Gasteiger partial charge >= 0.3 is 5.97 Å². The maximum absolute atomic E-state index is 11.8. The van der Waals surface area contributed by atoms with Crippen LogP contribution < -0.4 is 15.5 Å². The van der Waals surface area contributed by atoms with Crippen LogP contribution in [0.15, 0.2) is 59.7 Å². The lowest BCUT2D eigenvalue weighted by Crippen LogP contribution is -2.26. The first-order chi connectivity index (χ1) is 14.0. The van der Waals surface area contributed by atoms with Crippen LogP contribution in [-0.4, -0.2) is 36.7 Å². The van der Waals surface area contributed by atoms with Crippen LogP contribution in [0.4, 0.5) is 5.69 Å². The van der Waals surface area contributed by atoms with Crippen LogP contribution in [0.5, 0.6) is 5.75 Å². The van der Waals surface area contributed by atoms with Crippen LogP contribution in [-0.2, 0) is 19.1 Å². The number of amides is 2. The number of benzene rings is 2. The first-order valence-electron chi connectivity index (χ1n) is 9.08. The average Bonchev–Trinajstić information content (AvgIpc) is 2.70. The first-order valence-corrected chi connectivity index (χ1v) is 9.08. The second-order valence-corrected chi connectivity index (χ2v) is 5.97. The first kappa shape index (κ1) is 21.6. The summed E-state index contributed by atoms with van der Waals surface area (Å²) in [6, 6.07) is 15.6. The molecule has 2 N–H and O–H groups in total. The van der Waals surface area contributed by atoms with Gasteiger partial charge in [0.05, 0.1) is 12.8 Å². The lowest BCUT2D eigenvalue weighted by atomic mass is 10.2. The summed E-state index contributed by atoms with van der Waals surface area (Å²) in [6.07, 6.45) is 0.381. The number of carbonyl (C=O) groups excluding carboxylic acids is 3. The normalized spacial score (nSPS) is 11.5. The highest BCUT2D eigenvalue weighted by atomic mass is 16.6. The lowest BCUT2D eigenvalue weighted by Gasteiger charge is -2.13. The Morgan fingerprint density at radius 3 is 2.38 bits per heavy atom. The zero-order valence-corrected chi connectivity index (χ0v) is 16.3. The van der Waals surface area contributed by atoms with Gasteiger partial charge in [0, 0.05) is 5.69 Å². The molecule has 1 atom stereocenters. The Hall–Kier alpha value is -3.68. The average molecular weight is 397 g/mol. The molecule has 8 heteroatoms. The molecule has 0 fully saturated rings. The highest BCUT2D eigenvalue weighted by molar-refractivity contribution is 6.03. The number of nitrogens with one attached hydrogen (secondary N) is 2. The summed E-state index contributed by atoms with van der Waals surface area (Å²) in [5.74, 6) is -0.888. The largest absolute Gasteiger partial charge is 0.479 e. The fourth-order valence-corrected chi connectivity index (χ4v) is 2.24. The Morgan fingerprint density at radius 1 is 1.03 bits per heavy atom. The number of nitrogens with zero attached hydrogens (tertiary/aromatic N) is 1. The third-order valence-corrected chi connectivity index (χ3v) is 3.59. The van der Waals surface area contributed by atoms with E-state index in [-0.39, 0.29) is 6.42 Å². The molecule has 2 aromatic rings. The van der Waals surface area contributed by atoms with Crippen molar-refractivity contribution in [1.29, 1.82) is 0 Å². The van der Waals surface area contributed by atoms with E-state index in [0.717, 1.165) is 0 Å². The van der Waals surface area contributed by atoms with Gasteiger partial charge in [-0.3, -0.25) is 9.59 Å². The van der Waals surface area contributed by atoms with Crippen molar-refractivity contribution in [3.63, 3.8) is 0 Å². The molecule has 0 aliphatic carbocycles. The Bertz CT molecular complexity index is 850. The number of hydrogen-bond acceptors (Lipinski definition) is 6. The monoisotopic (exact) mass is 397 g/mol. The summed E-state index contributed by atoms with van der Waals surface area (Å²) < 4.78 is 10.4. The van der Waals surface area contributed by atoms with Crippen molar-refractivity contribution in [1.82, 2.24) is 5.43 Å². The van der Waals surface area contributed by atoms with E-state index in [1.165, 1.54) is 6.21 Å². The van der Waals surface area contributed by atoms with Crippen molar-refractivity contribution in [2.45, 2.75) is 26.4 Å². The van der Waals surface area contributed by atoms with Gasteiger partial charge in [-0.15, -0.1) is 0 Å². The van der Waals surface area contributed by atoms with Crippen LogP contribution in [0.1, 0.15) is 25.8 Å². The maximum atomic E-state index is 11.8. The lowest BCUT2D eigenvalue weighted by molar-refractivity contribution is -0.150. The number of esters is 1. The molecule has 1 unspecified atom stereocenters. The summed E-state index contributed by atoms with van der Waals surface area (Å²) in [7, 11) is 0. The van der Waals surface area contributed by atoms with Gasteiger partial charge in [0.1, 0.15) is 12.2 Å². The molecule has 29 heavy (non-hydrogen) atoms. The van der Waals surface area contributed by atoms with Crippen LogP contribution in [0.25, 0.3) is 0 Å². The molecule has 0 aromatic heterocycles. The van der Waals surface area contributed by atoms with Crippen LogP contribution in [0.3, 0.4) is 0 Å². The molecular weight excluding hydrogens is 374 g/mol. The zero-order valence-electron chi connectivity index (χ0n) is 16.3. The number of para-hydroxylation sites is 1. The van der Waals surface area contributed by atoms with Crippen molar-refractivity contribution in [2.75, 3.05) is 11.9 Å². The predicted octanol–water partition coefficient (Wildman–Crippen LogP) is 2.50. The van der Waals surface area contributed by atoms with Crippen molar-refractivity contribution >= 4 is 29.7 Å². The van der Waals surface area contributed by atoms with Gasteiger partial charge in [0.2, 0.25) is 11.8 Å². The van der Waals surface area contributed by atoms with Gasteiger partial charge in [-0.05, 0) is 55.8 Å². The Morgan fingerprint density at radius 2 is 1.72 bits per heavy atom. The fraction of sp³-hybridized carbons (Fsp3) is 0.238. The van der Waals surface area contributed by atoms with Crippen LogP contribution in [0, 0.1) is 0 Å². The summed E-state index contributed by atoms with van der Waals surface area (Å²) in [5, 5.41) is 6.45. The highest BCUT2D eigenvalue weighted by Gasteiger charge is 2.15. The summed E-state index contributed by atoms with van der Waals surface area (Å²) in [4.78, 5) is 35.1. The second kappa shape index (κ2) is 11.2. The molecule has 2 aromatic carbocycles. The SMILES string of the molecule is CCOC(=O)C(C)Oc1ccc(C=NNC(=O)CC(=O)Nc2ccccc2)cc1. The topological polar surface area (TPSA) is 106 Å². The van der Waals surface area contributed by atoms with Crippen LogP contribution in [0.2, 0.25) is 0 Å². The molecule has 0 saturated carbocycles. The van der Waals surface area contributed by atoms with Crippen molar-refractivity contribution < 1.29 is 23.9 Å². The summed E-state index contributed by atoms with van der Waals surface area (Å²) >= 11 is 0. The maximum Gasteiger partial charge on any atom is 0.347 e. The van der Waals surface area contributed by atoms with E-state index < -0.39 is 23.9 Å². The van der Waals surface area contributed by atoms with E-state index in [1.54, 1.807) is 62.4 Å². The third kappa shape index (κ3) is 7.84. The summed E-state index contributed by atoms with van der Waals surface area (Å²) in [5.41, 5.74) is 3.62. The molecule has 0 bridgehead atoms. The van der Waals surface area contributed by atoms with Crippen LogP contribution >= 0.6 is 0 Å². The standard InChI is InChI=1S/C21H23N3O5/c1-3-28-21(27)15(2)29-18-11-9-16(10-12-18)14-22-24-20(26)13-19(25)23-17-7-5-4-6-8-17/h4-12,14-15H,3,13H2,1-2H3,(H,23,25)(H,24,26). The predicted molar refractivity (Wildman–Crippen MR) is 109 cm³/mol. The quantitative estimate of drug-likeness (QED) is 0.293. The molecule has 0 spiro atoms. The number of ether oxygens (including phenoxy) is 2. The molecule has 0 aliphatic rings. The minimum atomic E-state index is -0.712. The van der Waals surface area contributed by atoms with E-state index in [4.69, 9.17) is 9.47 Å². The van der Waals surface area contributed by atoms with E-state index in [9.17, 15) is 14.4 Å². The van der Waals surface area contributed by atoms with Crippen molar-refractivity contribution in [3.05, 3.63) is 60.2 Å². The molecule has 8 nitrogen and oxygen atoms in total. The molecule has 0 radical (unpaired) electrons. The highest BCUT2D eigenvalue weighted by Crippen LogP contribution is 2.13. The molecule has 0 aliphatic heterocycles. The van der Waals surface area contributed by atoms with Crippen molar-refractivity contribution in [3.8, 4) is 5.75 Å². The van der Waals surface area contributed by atoms with Crippen molar-refractivity contribution in [2.24, 2.45) is 5.10 Å². The van der Waals surface area contributed by atoms with Gasteiger partial charge in [0.25, 0.3) is 0 Å². The minimum Gasteiger partial charge on any atom is -0.479 e. The van der Waals surface area contributed by atoms with Gasteiger partial charge in [-0.2, -0.15) is 5.10 Å². The number of hydrogen-bond donors (Lipinski definition) is 2. The van der Waals surface area contributed by atoms with E-state index in [0.29, 0.717) is 23.6 Å². The number of carbonyl (C=O) groups is 3. The van der Waals surface area contributed by atoms with Gasteiger partial charge in [-0.1, -0.05) is 18.2 Å². The Labute approximate surface area is 168 Å². The van der Waals surface area contributed by atoms with Gasteiger partial charge < -0.3 is 14.8 Å². The van der Waals surface area contributed by atoms with Gasteiger partial charge in [0.15, 0.2) is 6.10 Å². The smallest absolute Gasteiger partial charge is 0.347 e. The Kier molecular flexibility index (Phi) is 8.37. The number of anilines is 1. The van der Waals surface area contributed by atoms with E-state index in [2.05, 4.69) is 15.8 Å².